The van der Waals surface area contributed by atoms with Gasteiger partial charge in [0.2, 0.25) is 0 Å². The Morgan fingerprint density at radius 1 is 1.24 bits per heavy atom. The molecule has 0 saturated carbocycles. The number of hydrogen-bond donors (Lipinski definition) is 1. The molecule has 5 heteroatoms. The lowest BCUT2D eigenvalue weighted by Gasteiger charge is -2.33. The number of nitrogens with one attached hydrogen (secondary N) is 1. The highest BCUT2D eigenvalue weighted by atomic mass is 35.5. The lowest BCUT2D eigenvalue weighted by molar-refractivity contribution is -0.128. The van der Waals surface area contributed by atoms with Crippen molar-refractivity contribution >= 4 is 23.2 Å². The summed E-state index contributed by atoms with van der Waals surface area (Å²) in [6, 6.07) is 15.7. The Morgan fingerprint density at radius 3 is 2.62 bits per heavy atom. The molecule has 0 spiro atoms. The molecule has 1 N–H and O–H groups in total. The number of carbonyl (C=O) groups excluding carboxylic acids is 1. The van der Waals surface area contributed by atoms with Gasteiger partial charge in [0.05, 0.1) is 11.1 Å². The minimum absolute atomic E-state index is 0.0966. The zero-order valence-electron chi connectivity index (χ0n) is 17.5. The van der Waals surface area contributed by atoms with Crippen LogP contribution in [0.3, 0.4) is 0 Å². The van der Waals surface area contributed by atoms with Crippen LogP contribution in [0.15, 0.2) is 48.5 Å². The largest absolute Gasteiger partial charge is 0.479 e. The SMILES string of the molecule is CC[C@H](Oc1ccccc1Cl)C(=O)N[C@H](C)c1ccc(N2CCC[C@@H](C)C2)cc1. The highest BCUT2D eigenvalue weighted by Crippen LogP contribution is 2.26. The zero-order valence-corrected chi connectivity index (χ0v) is 18.3. The van der Waals surface area contributed by atoms with E-state index >= 15 is 0 Å². The zero-order chi connectivity index (χ0) is 20.8. The Labute approximate surface area is 179 Å². The maximum Gasteiger partial charge on any atom is 0.261 e. The molecule has 0 radical (unpaired) electrons. The van der Waals surface area contributed by atoms with Gasteiger partial charge >= 0.3 is 0 Å². The molecule has 29 heavy (non-hydrogen) atoms. The third kappa shape index (κ3) is 5.66. The van der Waals surface area contributed by atoms with E-state index in [1.165, 1.54) is 18.5 Å². The summed E-state index contributed by atoms with van der Waals surface area (Å²) in [5, 5.41) is 3.58. The number of benzene rings is 2. The van der Waals surface area contributed by atoms with Crippen molar-refractivity contribution in [1.82, 2.24) is 5.32 Å². The Hall–Kier alpha value is -2.20. The van der Waals surface area contributed by atoms with Crippen molar-refractivity contribution in [1.29, 1.82) is 0 Å². The van der Waals surface area contributed by atoms with Crippen molar-refractivity contribution in [3.8, 4) is 5.75 Å². The molecule has 4 nitrogen and oxygen atoms in total. The van der Waals surface area contributed by atoms with E-state index in [0.29, 0.717) is 17.2 Å². The summed E-state index contributed by atoms with van der Waals surface area (Å²) in [6.45, 7) is 8.47. The number of carbonyl (C=O) groups is 1. The monoisotopic (exact) mass is 414 g/mol. The molecule has 3 rings (SSSR count). The molecule has 1 fully saturated rings. The van der Waals surface area contributed by atoms with Gasteiger partial charge in [-0.2, -0.15) is 0 Å². The molecule has 1 heterocycles. The maximum atomic E-state index is 12.7. The number of rotatable bonds is 7. The van der Waals surface area contributed by atoms with Crippen molar-refractivity contribution in [3.05, 3.63) is 59.1 Å². The Kier molecular flexibility index (Phi) is 7.43. The van der Waals surface area contributed by atoms with Gasteiger partial charge in [-0.15, -0.1) is 0 Å². The van der Waals surface area contributed by atoms with Gasteiger partial charge in [0.15, 0.2) is 6.10 Å². The standard InChI is InChI=1S/C24H31ClN2O2/c1-4-22(29-23-10-6-5-9-21(23)25)24(28)26-18(3)19-11-13-20(14-12-19)27-15-7-8-17(2)16-27/h5-6,9-14,17-18,22H,4,7-8,15-16H2,1-3H3,(H,26,28)/t17-,18-,22+/m1/s1. The number of halogens is 1. The summed E-state index contributed by atoms with van der Waals surface area (Å²) >= 11 is 6.16. The van der Waals surface area contributed by atoms with Gasteiger partial charge in [-0.3, -0.25) is 4.79 Å². The van der Waals surface area contributed by atoms with Gasteiger partial charge in [0.25, 0.3) is 5.91 Å². The first-order valence-corrected chi connectivity index (χ1v) is 10.9. The molecule has 0 aliphatic carbocycles. The molecule has 0 aromatic heterocycles. The molecule has 1 amide bonds. The van der Waals surface area contributed by atoms with E-state index in [2.05, 4.69) is 41.4 Å². The fourth-order valence-corrected chi connectivity index (χ4v) is 3.98. The molecule has 1 saturated heterocycles. The van der Waals surface area contributed by atoms with Crippen LogP contribution < -0.4 is 15.0 Å². The van der Waals surface area contributed by atoms with Crippen LogP contribution >= 0.6 is 11.6 Å². The number of piperidine rings is 1. The third-order valence-electron chi connectivity index (χ3n) is 5.54. The highest BCUT2D eigenvalue weighted by molar-refractivity contribution is 6.32. The van der Waals surface area contributed by atoms with E-state index in [1.807, 2.05) is 26.0 Å². The summed E-state index contributed by atoms with van der Waals surface area (Å²) in [5.74, 6) is 1.14. The van der Waals surface area contributed by atoms with Gasteiger partial charge in [-0.05, 0) is 61.9 Å². The molecule has 3 atom stereocenters. The molecule has 2 aromatic rings. The minimum atomic E-state index is -0.577. The van der Waals surface area contributed by atoms with Crippen LogP contribution in [0.4, 0.5) is 5.69 Å². The van der Waals surface area contributed by atoms with Crippen molar-refractivity contribution in [3.63, 3.8) is 0 Å². The number of anilines is 1. The number of nitrogens with zero attached hydrogens (tertiary/aromatic N) is 1. The van der Waals surface area contributed by atoms with E-state index in [4.69, 9.17) is 16.3 Å². The van der Waals surface area contributed by atoms with Crippen LogP contribution in [0.25, 0.3) is 0 Å². The van der Waals surface area contributed by atoms with E-state index in [0.717, 1.165) is 24.6 Å². The summed E-state index contributed by atoms with van der Waals surface area (Å²) in [5.41, 5.74) is 2.34. The normalized spacial score (nSPS) is 18.8. The van der Waals surface area contributed by atoms with Gasteiger partial charge in [-0.25, -0.2) is 0 Å². The Morgan fingerprint density at radius 2 is 1.97 bits per heavy atom. The summed E-state index contributed by atoms with van der Waals surface area (Å²) < 4.78 is 5.85. The first kappa shape index (κ1) is 21.5. The molecule has 0 bridgehead atoms. The average molecular weight is 415 g/mol. The van der Waals surface area contributed by atoms with E-state index < -0.39 is 6.10 Å². The topological polar surface area (TPSA) is 41.6 Å². The third-order valence-corrected chi connectivity index (χ3v) is 5.86. The summed E-state index contributed by atoms with van der Waals surface area (Å²) in [6.07, 6.45) is 2.55. The van der Waals surface area contributed by atoms with Crippen LogP contribution in [0.1, 0.15) is 51.6 Å². The maximum absolute atomic E-state index is 12.7. The summed E-state index contributed by atoms with van der Waals surface area (Å²) in [7, 11) is 0. The van der Waals surface area contributed by atoms with Gasteiger partial charge in [-0.1, -0.05) is 49.7 Å². The Bertz CT molecular complexity index is 809. The predicted molar refractivity (Wildman–Crippen MR) is 120 cm³/mol. The second-order valence-electron chi connectivity index (χ2n) is 7.96. The van der Waals surface area contributed by atoms with E-state index in [1.54, 1.807) is 12.1 Å². The number of hydrogen-bond acceptors (Lipinski definition) is 3. The predicted octanol–water partition coefficient (Wildman–Crippen LogP) is 5.61. The van der Waals surface area contributed by atoms with Gasteiger partial charge < -0.3 is 15.0 Å². The van der Waals surface area contributed by atoms with Crippen molar-refractivity contribution in [2.75, 3.05) is 18.0 Å². The first-order valence-electron chi connectivity index (χ1n) is 10.5. The van der Waals surface area contributed by atoms with Crippen molar-refractivity contribution in [2.24, 2.45) is 5.92 Å². The van der Waals surface area contributed by atoms with Crippen LogP contribution in [-0.4, -0.2) is 25.1 Å². The second-order valence-corrected chi connectivity index (χ2v) is 8.37. The smallest absolute Gasteiger partial charge is 0.261 e. The number of amides is 1. The Balaban J connectivity index is 1.60. The fourth-order valence-electron chi connectivity index (χ4n) is 3.80. The van der Waals surface area contributed by atoms with Gasteiger partial charge in [0, 0.05) is 18.8 Å². The lowest BCUT2D eigenvalue weighted by atomic mass is 9.99. The van der Waals surface area contributed by atoms with Gasteiger partial charge in [0.1, 0.15) is 5.75 Å². The van der Waals surface area contributed by atoms with Crippen LogP contribution in [0, 0.1) is 5.92 Å². The molecule has 1 aliphatic rings. The molecule has 156 valence electrons. The molecule has 1 aliphatic heterocycles. The van der Waals surface area contributed by atoms with Crippen LogP contribution in [0.2, 0.25) is 5.02 Å². The molecular formula is C24H31ClN2O2. The molecule has 2 aromatic carbocycles. The lowest BCUT2D eigenvalue weighted by Crippen LogP contribution is -2.39. The summed E-state index contributed by atoms with van der Waals surface area (Å²) in [4.78, 5) is 15.2. The quantitative estimate of drug-likeness (QED) is 0.640. The van der Waals surface area contributed by atoms with Crippen LogP contribution in [0.5, 0.6) is 5.75 Å². The number of para-hydroxylation sites is 1. The molecular weight excluding hydrogens is 384 g/mol. The average Bonchev–Trinajstić information content (AvgIpc) is 2.73. The highest BCUT2D eigenvalue weighted by Gasteiger charge is 2.22. The van der Waals surface area contributed by atoms with E-state index in [-0.39, 0.29) is 11.9 Å². The van der Waals surface area contributed by atoms with Crippen molar-refractivity contribution < 1.29 is 9.53 Å². The van der Waals surface area contributed by atoms with Crippen molar-refractivity contribution in [2.45, 2.75) is 52.2 Å². The number of ether oxygens (including phenoxy) is 1. The second kappa shape index (κ2) is 10.0. The van der Waals surface area contributed by atoms with E-state index in [9.17, 15) is 4.79 Å². The molecule has 0 unspecified atom stereocenters. The first-order chi connectivity index (χ1) is 14.0. The van der Waals surface area contributed by atoms with Crippen LogP contribution in [-0.2, 0) is 4.79 Å². The fraction of sp³-hybridized carbons (Fsp3) is 0.458. The minimum Gasteiger partial charge on any atom is -0.479 e.